The molecule has 0 fully saturated rings. The van der Waals surface area contributed by atoms with E-state index in [1.165, 1.54) is 0 Å². The molecule has 0 aliphatic carbocycles. The molecule has 15 heavy (non-hydrogen) atoms. The maximum Gasteiger partial charge on any atom is 0.0524 e. The summed E-state index contributed by atoms with van der Waals surface area (Å²) in [5, 5.41) is 3.44. The predicted molar refractivity (Wildman–Crippen MR) is 69.5 cm³/mol. The lowest BCUT2D eigenvalue weighted by molar-refractivity contribution is 0.481. The van der Waals surface area contributed by atoms with Crippen molar-refractivity contribution in [1.82, 2.24) is 5.32 Å². The van der Waals surface area contributed by atoms with Gasteiger partial charge in [-0.1, -0.05) is 13.0 Å². The lowest BCUT2D eigenvalue weighted by atomic mass is 10.1. The molecule has 0 heterocycles. The van der Waals surface area contributed by atoms with Gasteiger partial charge in [0, 0.05) is 17.5 Å². The van der Waals surface area contributed by atoms with Crippen molar-refractivity contribution in [3.05, 3.63) is 11.8 Å². The number of nitrogens with zero attached hydrogens (tertiary/aromatic N) is 1. The van der Waals surface area contributed by atoms with Gasteiger partial charge in [0.05, 0.1) is 5.54 Å². The molecule has 0 unspecified atom stereocenters. The molecule has 0 aromatic rings. The summed E-state index contributed by atoms with van der Waals surface area (Å²) in [6.45, 7) is 14.9. The first-order chi connectivity index (χ1) is 6.64. The lowest BCUT2D eigenvalue weighted by Crippen LogP contribution is -2.35. The SMILES string of the molecule is CCC=C(C=NC(C)(C)C)NC(C)(C)C. The topological polar surface area (TPSA) is 24.4 Å². The van der Waals surface area contributed by atoms with Crippen LogP contribution in [-0.2, 0) is 0 Å². The molecule has 0 spiro atoms. The highest BCUT2D eigenvalue weighted by Gasteiger charge is 2.10. The van der Waals surface area contributed by atoms with Crippen molar-refractivity contribution in [2.24, 2.45) is 4.99 Å². The Bertz CT molecular complexity index is 236. The van der Waals surface area contributed by atoms with Crippen LogP contribution in [0.25, 0.3) is 0 Å². The van der Waals surface area contributed by atoms with E-state index in [4.69, 9.17) is 0 Å². The summed E-state index contributed by atoms with van der Waals surface area (Å²) in [6, 6.07) is 0. The predicted octanol–water partition coefficient (Wildman–Crippen LogP) is 3.54. The highest BCUT2D eigenvalue weighted by atomic mass is 15.0. The summed E-state index contributed by atoms with van der Waals surface area (Å²) in [6.07, 6.45) is 5.13. The van der Waals surface area contributed by atoms with Gasteiger partial charge in [0.2, 0.25) is 0 Å². The first kappa shape index (κ1) is 14.2. The zero-order chi connectivity index (χ0) is 12.1. The minimum atomic E-state index is -0.00754. The van der Waals surface area contributed by atoms with Crippen LogP contribution in [0.4, 0.5) is 0 Å². The van der Waals surface area contributed by atoms with Gasteiger partial charge in [-0.15, -0.1) is 0 Å². The van der Waals surface area contributed by atoms with Crippen LogP contribution in [0.5, 0.6) is 0 Å². The smallest absolute Gasteiger partial charge is 0.0524 e. The summed E-state index contributed by atoms with van der Waals surface area (Å²) < 4.78 is 0. The summed E-state index contributed by atoms with van der Waals surface area (Å²) in [5.41, 5.74) is 1.19. The second-order valence-corrected chi connectivity index (χ2v) is 5.87. The van der Waals surface area contributed by atoms with Crippen LogP contribution >= 0.6 is 0 Å². The van der Waals surface area contributed by atoms with E-state index in [9.17, 15) is 0 Å². The van der Waals surface area contributed by atoms with Crippen molar-refractivity contribution in [2.75, 3.05) is 0 Å². The Labute approximate surface area is 94.9 Å². The van der Waals surface area contributed by atoms with Gasteiger partial charge >= 0.3 is 0 Å². The largest absolute Gasteiger partial charge is 0.379 e. The third-order valence-corrected chi connectivity index (χ3v) is 1.53. The third kappa shape index (κ3) is 9.51. The maximum absolute atomic E-state index is 4.50. The Morgan fingerprint density at radius 3 is 2.00 bits per heavy atom. The van der Waals surface area contributed by atoms with Gasteiger partial charge in [0.15, 0.2) is 0 Å². The number of hydrogen-bond acceptors (Lipinski definition) is 2. The normalized spacial score (nSPS) is 14.7. The van der Waals surface area contributed by atoms with Gasteiger partial charge in [-0.2, -0.15) is 0 Å². The van der Waals surface area contributed by atoms with Gasteiger partial charge in [-0.05, 0) is 48.0 Å². The quantitative estimate of drug-likeness (QED) is 0.708. The number of hydrogen-bond donors (Lipinski definition) is 1. The molecular weight excluding hydrogens is 184 g/mol. The van der Waals surface area contributed by atoms with Gasteiger partial charge in [-0.3, -0.25) is 4.99 Å². The number of rotatable bonds is 3. The molecule has 0 aromatic heterocycles. The Kier molecular flexibility index (Phi) is 5.06. The second-order valence-electron chi connectivity index (χ2n) is 5.87. The van der Waals surface area contributed by atoms with E-state index in [2.05, 4.69) is 64.9 Å². The molecule has 0 aromatic carbocycles. The van der Waals surface area contributed by atoms with Crippen LogP contribution in [0, 0.1) is 0 Å². The van der Waals surface area contributed by atoms with Crippen LogP contribution in [0.2, 0.25) is 0 Å². The summed E-state index contributed by atoms with van der Waals surface area (Å²) in [4.78, 5) is 4.50. The van der Waals surface area contributed by atoms with Crippen molar-refractivity contribution in [3.63, 3.8) is 0 Å². The molecule has 0 radical (unpaired) electrons. The zero-order valence-corrected chi connectivity index (χ0v) is 11.3. The average Bonchev–Trinajstić information content (AvgIpc) is 1.96. The van der Waals surface area contributed by atoms with E-state index in [1.54, 1.807) is 0 Å². The second kappa shape index (κ2) is 5.34. The monoisotopic (exact) mass is 210 g/mol. The first-order valence-electron chi connectivity index (χ1n) is 5.67. The molecule has 1 N–H and O–H groups in total. The van der Waals surface area contributed by atoms with Gasteiger partial charge in [-0.25, -0.2) is 0 Å². The van der Waals surface area contributed by atoms with Crippen molar-refractivity contribution < 1.29 is 0 Å². The minimum absolute atomic E-state index is 0.00754. The molecule has 0 saturated heterocycles. The maximum atomic E-state index is 4.50. The fourth-order valence-corrected chi connectivity index (χ4v) is 1.05. The van der Waals surface area contributed by atoms with Gasteiger partial charge < -0.3 is 5.32 Å². The van der Waals surface area contributed by atoms with Crippen molar-refractivity contribution in [1.29, 1.82) is 0 Å². The minimum Gasteiger partial charge on any atom is -0.379 e. The van der Waals surface area contributed by atoms with Crippen molar-refractivity contribution in [2.45, 2.75) is 66.0 Å². The molecule has 88 valence electrons. The fourth-order valence-electron chi connectivity index (χ4n) is 1.05. The summed E-state index contributed by atoms with van der Waals surface area (Å²) >= 11 is 0. The van der Waals surface area contributed by atoms with Crippen molar-refractivity contribution >= 4 is 6.21 Å². The molecule has 0 rings (SSSR count). The molecule has 0 aliphatic rings. The highest BCUT2D eigenvalue weighted by molar-refractivity contribution is 5.78. The lowest BCUT2D eigenvalue weighted by Gasteiger charge is -2.23. The number of allylic oxidation sites excluding steroid dienone is 2. The molecular formula is C13H26N2. The molecule has 0 bridgehead atoms. The average molecular weight is 210 g/mol. The Hall–Kier alpha value is -0.790. The van der Waals surface area contributed by atoms with E-state index >= 15 is 0 Å². The summed E-state index contributed by atoms with van der Waals surface area (Å²) in [5.74, 6) is 0. The van der Waals surface area contributed by atoms with Crippen LogP contribution in [0.15, 0.2) is 16.8 Å². The molecule has 2 nitrogen and oxygen atoms in total. The van der Waals surface area contributed by atoms with E-state index in [0.29, 0.717) is 0 Å². The van der Waals surface area contributed by atoms with Crippen molar-refractivity contribution in [3.8, 4) is 0 Å². The molecule has 0 saturated carbocycles. The number of aliphatic imine (C=N–C) groups is 1. The molecule has 0 aliphatic heterocycles. The highest BCUT2D eigenvalue weighted by Crippen LogP contribution is 2.08. The van der Waals surface area contributed by atoms with E-state index in [1.807, 2.05) is 6.21 Å². The fraction of sp³-hybridized carbons (Fsp3) is 0.769. The Morgan fingerprint density at radius 2 is 1.67 bits per heavy atom. The Morgan fingerprint density at radius 1 is 1.13 bits per heavy atom. The molecule has 2 heteroatoms. The first-order valence-corrected chi connectivity index (χ1v) is 5.67. The third-order valence-electron chi connectivity index (χ3n) is 1.53. The van der Waals surface area contributed by atoms with E-state index < -0.39 is 0 Å². The van der Waals surface area contributed by atoms with Gasteiger partial charge in [0.25, 0.3) is 0 Å². The van der Waals surface area contributed by atoms with E-state index in [-0.39, 0.29) is 11.1 Å². The zero-order valence-electron chi connectivity index (χ0n) is 11.3. The number of nitrogens with one attached hydrogen (secondary N) is 1. The van der Waals surface area contributed by atoms with E-state index in [0.717, 1.165) is 12.1 Å². The van der Waals surface area contributed by atoms with Crippen LogP contribution in [0.1, 0.15) is 54.9 Å². The van der Waals surface area contributed by atoms with Gasteiger partial charge in [0.1, 0.15) is 0 Å². The standard InChI is InChI=1S/C13H26N2/c1-8-9-11(15-13(5,6)7)10-14-12(2,3)4/h9-10,15H,8H2,1-7H3. The Balaban J connectivity index is 4.58. The molecule has 0 atom stereocenters. The summed E-state index contributed by atoms with van der Waals surface area (Å²) in [7, 11) is 0. The van der Waals surface area contributed by atoms with Crippen LogP contribution in [0.3, 0.4) is 0 Å². The van der Waals surface area contributed by atoms with Crippen LogP contribution < -0.4 is 5.32 Å². The molecule has 0 amide bonds. The van der Waals surface area contributed by atoms with Crippen LogP contribution in [-0.4, -0.2) is 17.3 Å².